The fourth-order valence-corrected chi connectivity index (χ4v) is 1.59. The topological polar surface area (TPSA) is 79.9 Å². The summed E-state index contributed by atoms with van der Waals surface area (Å²) >= 11 is 0. The van der Waals surface area contributed by atoms with Gasteiger partial charge in [-0.1, -0.05) is 13.0 Å². The summed E-state index contributed by atoms with van der Waals surface area (Å²) in [6, 6.07) is 5.12. The van der Waals surface area contributed by atoms with Gasteiger partial charge in [-0.3, -0.25) is 4.79 Å². The van der Waals surface area contributed by atoms with E-state index in [1.807, 2.05) is 6.92 Å². The van der Waals surface area contributed by atoms with E-state index in [9.17, 15) is 4.79 Å². The van der Waals surface area contributed by atoms with E-state index < -0.39 is 0 Å². The molecule has 0 aliphatic carbocycles. The van der Waals surface area contributed by atoms with Crippen LogP contribution in [-0.4, -0.2) is 5.91 Å². The molecule has 1 amide bonds. The van der Waals surface area contributed by atoms with Crippen LogP contribution in [0, 0.1) is 22.9 Å². The summed E-state index contributed by atoms with van der Waals surface area (Å²) in [5, 5.41) is 20.4. The first-order chi connectivity index (χ1) is 8.13. The summed E-state index contributed by atoms with van der Waals surface area (Å²) in [7, 11) is 0. The molecule has 0 saturated carbocycles. The molecule has 0 bridgehead atoms. The van der Waals surface area contributed by atoms with Crippen LogP contribution in [0.3, 0.4) is 0 Å². The minimum Gasteiger partial charge on any atom is -0.326 e. The Morgan fingerprint density at radius 2 is 2.06 bits per heavy atom. The number of carbonyl (C=O) groups excluding carboxylic acids is 1. The number of hydrogen-bond donors (Lipinski definition) is 1. The van der Waals surface area contributed by atoms with E-state index in [1.54, 1.807) is 30.6 Å². The maximum Gasteiger partial charge on any atom is 0.221 e. The maximum atomic E-state index is 11.0. The van der Waals surface area contributed by atoms with Crippen LogP contribution < -0.4 is 10.2 Å². The number of rotatable bonds is 3. The summed E-state index contributed by atoms with van der Waals surface area (Å²) < 4.78 is 0. The van der Waals surface area contributed by atoms with Crippen LogP contribution >= 0.6 is 0 Å². The van der Waals surface area contributed by atoms with Crippen molar-refractivity contribution < 1.29 is 4.79 Å². The Morgan fingerprint density at radius 3 is 2.53 bits per heavy atom. The number of carbonyl (C=O) groups is 1. The average Bonchev–Trinajstić information content (AvgIpc) is 2.30. The van der Waals surface area contributed by atoms with Crippen LogP contribution in [0.15, 0.2) is 18.2 Å². The van der Waals surface area contributed by atoms with Gasteiger partial charge in [-0.15, -0.1) is 0 Å². The molecule has 1 aromatic rings. The minimum atomic E-state index is -0.183. The van der Waals surface area contributed by atoms with E-state index in [0.717, 1.165) is 10.5 Å². The van der Waals surface area contributed by atoms with Gasteiger partial charge in [-0.25, -0.2) is 0 Å². The van der Waals surface area contributed by atoms with E-state index in [0.29, 0.717) is 17.8 Å². The lowest BCUT2D eigenvalue weighted by Gasteiger charge is -2.15. The normalized spacial score (nSPS) is 8.94. The zero-order chi connectivity index (χ0) is 12.8. The Labute approximate surface area is 99.9 Å². The summed E-state index contributed by atoms with van der Waals surface area (Å²) in [6.07, 6.45) is 4.18. The van der Waals surface area contributed by atoms with Gasteiger partial charge in [0.1, 0.15) is 0 Å². The van der Waals surface area contributed by atoms with Crippen molar-refractivity contribution in [1.29, 1.82) is 10.5 Å². The lowest BCUT2D eigenvalue weighted by Crippen LogP contribution is -2.13. The van der Waals surface area contributed by atoms with Crippen LogP contribution in [0.1, 0.15) is 19.4 Å². The first-order valence-electron chi connectivity index (χ1n) is 5.13. The van der Waals surface area contributed by atoms with Gasteiger partial charge in [0.25, 0.3) is 0 Å². The third-order valence-corrected chi connectivity index (χ3v) is 2.26. The molecule has 1 N–H and O–H groups in total. The summed E-state index contributed by atoms with van der Waals surface area (Å²) in [5.74, 6) is -0.183. The largest absolute Gasteiger partial charge is 0.326 e. The van der Waals surface area contributed by atoms with Crippen LogP contribution in [0.2, 0.25) is 0 Å². The molecule has 0 radical (unpaired) electrons. The van der Waals surface area contributed by atoms with Crippen LogP contribution in [0.5, 0.6) is 0 Å². The minimum absolute atomic E-state index is 0.183. The number of amides is 1. The fourth-order valence-electron chi connectivity index (χ4n) is 1.59. The molecule has 5 nitrogen and oxygen atoms in total. The first kappa shape index (κ1) is 12.5. The van der Waals surface area contributed by atoms with Gasteiger partial charge >= 0.3 is 0 Å². The second-order valence-corrected chi connectivity index (χ2v) is 3.37. The average molecular weight is 228 g/mol. The van der Waals surface area contributed by atoms with Crippen molar-refractivity contribution in [2.45, 2.75) is 20.3 Å². The van der Waals surface area contributed by atoms with Gasteiger partial charge in [-0.05, 0) is 18.6 Å². The number of nitrogens with zero attached hydrogens (tertiary/aromatic N) is 3. The molecule has 1 aromatic carbocycles. The molecule has 0 spiro atoms. The van der Waals surface area contributed by atoms with Crippen molar-refractivity contribution in [2.75, 3.05) is 10.2 Å². The number of benzene rings is 1. The molecule has 0 saturated heterocycles. The van der Waals surface area contributed by atoms with Gasteiger partial charge in [0.05, 0.1) is 5.69 Å². The van der Waals surface area contributed by atoms with E-state index in [1.165, 1.54) is 6.92 Å². The van der Waals surface area contributed by atoms with Gasteiger partial charge in [0, 0.05) is 18.2 Å². The Balaban J connectivity index is 3.29. The van der Waals surface area contributed by atoms with Crippen molar-refractivity contribution in [3.63, 3.8) is 0 Å². The van der Waals surface area contributed by atoms with Gasteiger partial charge in [-0.2, -0.15) is 15.4 Å². The molecular weight excluding hydrogens is 216 g/mol. The predicted octanol–water partition coefficient (Wildman–Crippen LogP) is 1.98. The quantitative estimate of drug-likeness (QED) is 0.633. The number of hydrogen-bond acceptors (Lipinski definition) is 4. The molecule has 0 fully saturated rings. The lowest BCUT2D eigenvalue weighted by atomic mass is 10.1. The third-order valence-electron chi connectivity index (χ3n) is 2.26. The standard InChI is InChI=1S/C12H12N4O/c1-3-10-11(15-9(2)17)5-4-6-12(10)16(7-13)8-14/h4-6H,3H2,1-2H3,(H,15,17). The fraction of sp³-hybridized carbons (Fsp3) is 0.250. The highest BCUT2D eigenvalue weighted by Gasteiger charge is 2.13. The Hall–Kier alpha value is -2.53. The van der Waals surface area contributed by atoms with Crippen molar-refractivity contribution in [3.05, 3.63) is 23.8 Å². The molecule has 0 aromatic heterocycles. The molecule has 0 heterocycles. The molecule has 0 atom stereocenters. The summed E-state index contributed by atoms with van der Waals surface area (Å²) in [5.41, 5.74) is 1.91. The number of nitriles is 2. The predicted molar refractivity (Wildman–Crippen MR) is 63.8 cm³/mol. The molecule has 17 heavy (non-hydrogen) atoms. The SMILES string of the molecule is CCc1c(NC(C)=O)cccc1N(C#N)C#N. The van der Waals surface area contributed by atoms with Crippen LogP contribution in [0.25, 0.3) is 0 Å². The zero-order valence-corrected chi connectivity index (χ0v) is 9.69. The van der Waals surface area contributed by atoms with E-state index in [2.05, 4.69) is 5.32 Å². The monoisotopic (exact) mass is 228 g/mol. The van der Waals surface area contributed by atoms with E-state index in [-0.39, 0.29) is 5.91 Å². The molecule has 0 aliphatic heterocycles. The second kappa shape index (κ2) is 5.53. The highest BCUT2D eigenvalue weighted by Crippen LogP contribution is 2.27. The molecular formula is C12H12N4O. The number of nitrogens with one attached hydrogen (secondary N) is 1. The molecule has 0 unspecified atom stereocenters. The lowest BCUT2D eigenvalue weighted by molar-refractivity contribution is -0.114. The third kappa shape index (κ3) is 2.73. The van der Waals surface area contributed by atoms with Crippen LogP contribution in [-0.2, 0) is 11.2 Å². The summed E-state index contributed by atoms with van der Waals surface area (Å²) in [6.45, 7) is 3.32. The van der Waals surface area contributed by atoms with Gasteiger partial charge in [0.15, 0.2) is 12.4 Å². The smallest absolute Gasteiger partial charge is 0.221 e. The van der Waals surface area contributed by atoms with Gasteiger partial charge in [0.2, 0.25) is 5.91 Å². The summed E-state index contributed by atoms with van der Waals surface area (Å²) in [4.78, 5) is 12.0. The van der Waals surface area contributed by atoms with Crippen molar-refractivity contribution in [3.8, 4) is 12.4 Å². The Morgan fingerprint density at radius 1 is 1.41 bits per heavy atom. The molecule has 5 heteroatoms. The van der Waals surface area contributed by atoms with E-state index in [4.69, 9.17) is 10.5 Å². The Kier molecular flexibility index (Phi) is 4.08. The molecule has 86 valence electrons. The highest BCUT2D eigenvalue weighted by molar-refractivity contribution is 5.91. The number of anilines is 2. The first-order valence-corrected chi connectivity index (χ1v) is 5.13. The zero-order valence-electron chi connectivity index (χ0n) is 9.69. The molecule has 0 aliphatic rings. The maximum absolute atomic E-state index is 11.0. The van der Waals surface area contributed by atoms with E-state index >= 15 is 0 Å². The molecule has 1 rings (SSSR count). The van der Waals surface area contributed by atoms with Crippen molar-refractivity contribution in [1.82, 2.24) is 0 Å². The van der Waals surface area contributed by atoms with Crippen molar-refractivity contribution in [2.24, 2.45) is 0 Å². The van der Waals surface area contributed by atoms with Crippen LogP contribution in [0.4, 0.5) is 11.4 Å². The van der Waals surface area contributed by atoms with Gasteiger partial charge < -0.3 is 5.32 Å². The van der Waals surface area contributed by atoms with Crippen molar-refractivity contribution >= 4 is 17.3 Å². The second-order valence-electron chi connectivity index (χ2n) is 3.37. The Bertz CT molecular complexity index is 496. The highest BCUT2D eigenvalue weighted by atomic mass is 16.1.